The Morgan fingerprint density at radius 3 is 2.61 bits per heavy atom. The van der Waals surface area contributed by atoms with Gasteiger partial charge in [0.25, 0.3) is 11.8 Å². The van der Waals surface area contributed by atoms with Crippen LogP contribution >= 0.6 is 11.6 Å². The molecule has 0 bridgehead atoms. The van der Waals surface area contributed by atoms with Crippen LogP contribution < -0.4 is 15.4 Å². The largest absolute Gasteiger partial charge is 0.497 e. The van der Waals surface area contributed by atoms with Gasteiger partial charge >= 0.3 is 5.97 Å². The lowest BCUT2D eigenvalue weighted by Crippen LogP contribution is -2.36. The van der Waals surface area contributed by atoms with Crippen LogP contribution in [0.2, 0.25) is 5.02 Å². The van der Waals surface area contributed by atoms with Crippen molar-refractivity contribution in [3.05, 3.63) is 58.9 Å². The van der Waals surface area contributed by atoms with Gasteiger partial charge in [-0.3, -0.25) is 14.4 Å². The Hall–Kier alpha value is -3.13. The summed E-state index contributed by atoms with van der Waals surface area (Å²) in [6.07, 6.45) is -1.20. The van der Waals surface area contributed by atoms with Crippen molar-refractivity contribution in [2.24, 2.45) is 0 Å². The molecule has 2 aromatic rings. The maximum atomic E-state index is 13.7. The van der Waals surface area contributed by atoms with Crippen LogP contribution in [-0.4, -0.2) is 37.5 Å². The molecule has 2 aromatic carbocycles. The summed E-state index contributed by atoms with van der Waals surface area (Å²) in [6, 6.07) is 10.1. The molecule has 0 aliphatic heterocycles. The Kier molecular flexibility index (Phi) is 7.34. The quantitative estimate of drug-likeness (QED) is 0.687. The van der Waals surface area contributed by atoms with E-state index in [9.17, 15) is 18.8 Å². The minimum Gasteiger partial charge on any atom is -0.497 e. The number of halogens is 2. The molecule has 1 unspecified atom stereocenters. The molecule has 0 radical (unpaired) electrons. The van der Waals surface area contributed by atoms with Gasteiger partial charge in [-0.15, -0.1) is 0 Å². The van der Waals surface area contributed by atoms with E-state index in [0.29, 0.717) is 11.3 Å². The highest BCUT2D eigenvalue weighted by Crippen LogP contribution is 2.19. The van der Waals surface area contributed by atoms with Crippen LogP contribution in [0.4, 0.5) is 10.1 Å². The fourth-order valence-corrected chi connectivity index (χ4v) is 2.30. The van der Waals surface area contributed by atoms with Gasteiger partial charge < -0.3 is 20.1 Å². The molecule has 0 saturated carbocycles. The molecule has 2 N–H and O–H groups in total. The van der Waals surface area contributed by atoms with E-state index in [2.05, 4.69) is 10.6 Å². The first-order chi connectivity index (χ1) is 13.3. The summed E-state index contributed by atoms with van der Waals surface area (Å²) < 4.78 is 23.7. The third kappa shape index (κ3) is 5.95. The fraction of sp³-hybridized carbons (Fsp3) is 0.211. The standard InChI is InChI=1S/C19H18ClFN2O5/c1-11(18(25)23-16-7-6-13(20)9-15(16)21)28-17(24)10-22-19(26)12-4-3-5-14(8-12)27-2/h3-9,11H,10H2,1-2H3,(H,22,26)(H,23,25). The van der Waals surface area contributed by atoms with E-state index >= 15 is 0 Å². The minimum absolute atomic E-state index is 0.0939. The molecule has 0 aliphatic carbocycles. The molecule has 0 aliphatic rings. The second kappa shape index (κ2) is 9.70. The number of carbonyl (C=O) groups excluding carboxylic acids is 3. The second-order valence-corrected chi connectivity index (χ2v) is 6.10. The van der Waals surface area contributed by atoms with Crippen molar-refractivity contribution < 1.29 is 28.2 Å². The molecule has 9 heteroatoms. The van der Waals surface area contributed by atoms with E-state index < -0.39 is 36.2 Å². The van der Waals surface area contributed by atoms with Crippen molar-refractivity contribution in [2.75, 3.05) is 19.0 Å². The average molecular weight is 409 g/mol. The monoisotopic (exact) mass is 408 g/mol. The van der Waals surface area contributed by atoms with E-state index in [1.54, 1.807) is 18.2 Å². The smallest absolute Gasteiger partial charge is 0.326 e. The lowest BCUT2D eigenvalue weighted by atomic mass is 10.2. The molecule has 2 rings (SSSR count). The topological polar surface area (TPSA) is 93.7 Å². The molecule has 0 saturated heterocycles. The van der Waals surface area contributed by atoms with Gasteiger partial charge in [0.1, 0.15) is 18.1 Å². The Morgan fingerprint density at radius 2 is 1.93 bits per heavy atom. The first kappa shape index (κ1) is 21.2. The summed E-state index contributed by atoms with van der Waals surface area (Å²) in [6.45, 7) is 0.883. The molecule has 0 spiro atoms. The van der Waals surface area contributed by atoms with Gasteiger partial charge in [-0.1, -0.05) is 17.7 Å². The summed E-state index contributed by atoms with van der Waals surface area (Å²) in [5, 5.41) is 4.86. The van der Waals surface area contributed by atoms with E-state index in [4.69, 9.17) is 21.1 Å². The zero-order chi connectivity index (χ0) is 20.7. The number of methoxy groups -OCH3 is 1. The van der Waals surface area contributed by atoms with Crippen molar-refractivity contribution in [3.8, 4) is 5.75 Å². The lowest BCUT2D eigenvalue weighted by molar-refractivity contribution is -0.152. The first-order valence-corrected chi connectivity index (χ1v) is 8.55. The zero-order valence-electron chi connectivity index (χ0n) is 15.1. The van der Waals surface area contributed by atoms with Crippen LogP contribution in [0.25, 0.3) is 0 Å². The van der Waals surface area contributed by atoms with Gasteiger partial charge in [-0.25, -0.2) is 4.39 Å². The number of nitrogens with one attached hydrogen (secondary N) is 2. The molecule has 7 nitrogen and oxygen atoms in total. The van der Waals surface area contributed by atoms with Crippen LogP contribution in [0.1, 0.15) is 17.3 Å². The molecule has 0 aromatic heterocycles. The van der Waals surface area contributed by atoms with Gasteiger partial charge in [0.15, 0.2) is 6.10 Å². The zero-order valence-corrected chi connectivity index (χ0v) is 15.9. The van der Waals surface area contributed by atoms with E-state index in [1.807, 2.05) is 0 Å². The molecular weight excluding hydrogens is 391 g/mol. The fourth-order valence-electron chi connectivity index (χ4n) is 2.14. The van der Waals surface area contributed by atoms with Crippen LogP contribution in [0.15, 0.2) is 42.5 Å². The van der Waals surface area contributed by atoms with Crippen molar-refractivity contribution in [1.82, 2.24) is 5.32 Å². The summed E-state index contributed by atoms with van der Waals surface area (Å²) >= 11 is 5.64. The molecule has 28 heavy (non-hydrogen) atoms. The van der Waals surface area contributed by atoms with Gasteiger partial charge in [0, 0.05) is 10.6 Å². The molecule has 1 atom stereocenters. The Bertz CT molecular complexity index is 890. The number of esters is 1. The van der Waals surface area contributed by atoms with Crippen LogP contribution in [0, 0.1) is 5.82 Å². The number of carbonyl (C=O) groups is 3. The number of ether oxygens (including phenoxy) is 2. The predicted octanol–water partition coefficient (Wildman–Crippen LogP) is 2.79. The Morgan fingerprint density at radius 1 is 1.18 bits per heavy atom. The number of hydrogen-bond donors (Lipinski definition) is 2. The SMILES string of the molecule is COc1cccc(C(=O)NCC(=O)OC(C)C(=O)Nc2ccc(Cl)cc2F)c1. The van der Waals surface area contributed by atoms with Crippen LogP contribution in [0.3, 0.4) is 0 Å². The molecular formula is C19H18ClFN2O5. The maximum absolute atomic E-state index is 13.7. The number of anilines is 1. The van der Waals surface area contributed by atoms with E-state index in [0.717, 1.165) is 6.07 Å². The predicted molar refractivity (Wildman–Crippen MR) is 101 cm³/mol. The average Bonchev–Trinajstić information content (AvgIpc) is 2.68. The highest BCUT2D eigenvalue weighted by atomic mass is 35.5. The van der Waals surface area contributed by atoms with E-state index in [-0.39, 0.29) is 10.7 Å². The summed E-state index contributed by atoms with van der Waals surface area (Å²) in [4.78, 5) is 35.9. The van der Waals surface area contributed by atoms with Crippen molar-refractivity contribution >= 4 is 35.1 Å². The number of amides is 2. The lowest BCUT2D eigenvalue weighted by Gasteiger charge is -2.14. The van der Waals surface area contributed by atoms with Crippen molar-refractivity contribution in [2.45, 2.75) is 13.0 Å². The second-order valence-electron chi connectivity index (χ2n) is 5.66. The van der Waals surface area contributed by atoms with Crippen molar-refractivity contribution in [3.63, 3.8) is 0 Å². The van der Waals surface area contributed by atoms with E-state index in [1.165, 1.54) is 32.2 Å². The molecule has 2 amide bonds. The van der Waals surface area contributed by atoms with Gasteiger partial charge in [0.05, 0.1) is 12.8 Å². The number of rotatable bonds is 7. The first-order valence-electron chi connectivity index (χ1n) is 8.18. The summed E-state index contributed by atoms with van der Waals surface area (Å²) in [7, 11) is 1.47. The molecule has 0 heterocycles. The van der Waals surface area contributed by atoms with Gasteiger partial charge in [-0.05, 0) is 43.3 Å². The number of benzene rings is 2. The normalized spacial score (nSPS) is 11.3. The maximum Gasteiger partial charge on any atom is 0.326 e. The van der Waals surface area contributed by atoms with Crippen LogP contribution in [0.5, 0.6) is 5.75 Å². The van der Waals surface area contributed by atoms with Gasteiger partial charge in [-0.2, -0.15) is 0 Å². The minimum atomic E-state index is -1.20. The summed E-state index contributed by atoms with van der Waals surface area (Å²) in [5.41, 5.74) is 0.208. The van der Waals surface area contributed by atoms with Crippen LogP contribution in [-0.2, 0) is 14.3 Å². The highest BCUT2D eigenvalue weighted by molar-refractivity contribution is 6.30. The van der Waals surface area contributed by atoms with Gasteiger partial charge in [0.2, 0.25) is 0 Å². The molecule has 0 fully saturated rings. The Labute approximate surface area is 165 Å². The third-order valence-electron chi connectivity index (χ3n) is 3.59. The summed E-state index contributed by atoms with van der Waals surface area (Å²) in [5.74, 6) is -2.28. The highest BCUT2D eigenvalue weighted by Gasteiger charge is 2.20. The third-order valence-corrected chi connectivity index (χ3v) is 3.83. The Balaban J connectivity index is 1.84. The molecule has 148 valence electrons. The number of hydrogen-bond acceptors (Lipinski definition) is 5. The van der Waals surface area contributed by atoms with Crippen molar-refractivity contribution in [1.29, 1.82) is 0 Å².